The molecule has 3 aromatic heterocycles. The van der Waals surface area contributed by atoms with Gasteiger partial charge in [0, 0.05) is 69.8 Å². The molecule has 6 rings (SSSR count). The van der Waals surface area contributed by atoms with Crippen LogP contribution in [0.3, 0.4) is 0 Å². The van der Waals surface area contributed by atoms with Crippen LogP contribution in [0.15, 0.2) is 29.3 Å². The molecule has 0 aliphatic carbocycles. The van der Waals surface area contributed by atoms with Gasteiger partial charge in [0.15, 0.2) is 5.65 Å². The summed E-state index contributed by atoms with van der Waals surface area (Å²) in [5.74, 6) is 1.44. The summed E-state index contributed by atoms with van der Waals surface area (Å²) >= 11 is 6.95. The van der Waals surface area contributed by atoms with Crippen molar-refractivity contribution < 1.29 is 4.74 Å². The fourth-order valence-electron chi connectivity index (χ4n) is 6.63. The molecule has 2 saturated heterocycles. The lowest BCUT2D eigenvalue weighted by atomic mass is 9.87. The number of hydrogen-bond donors (Lipinski definition) is 0. The second-order valence-corrected chi connectivity index (χ2v) is 18.6. The highest BCUT2D eigenvalue weighted by molar-refractivity contribution is 6.76. The van der Waals surface area contributed by atoms with Gasteiger partial charge in [-0.25, -0.2) is 0 Å². The normalized spacial score (nSPS) is 21.2. The van der Waals surface area contributed by atoms with E-state index in [-0.39, 0.29) is 5.56 Å². The Morgan fingerprint density at radius 3 is 2.64 bits per heavy atom. The van der Waals surface area contributed by atoms with Gasteiger partial charge in [0.25, 0.3) is 5.56 Å². The molecule has 2 aliphatic heterocycles. The molecule has 2 aliphatic rings. The van der Waals surface area contributed by atoms with Crippen molar-refractivity contribution in [3.8, 4) is 11.1 Å². The second-order valence-electron chi connectivity index (χ2n) is 12.6. The first-order valence-corrected chi connectivity index (χ1v) is 18.2. The molecule has 0 saturated carbocycles. The predicted octanol–water partition coefficient (Wildman–Crippen LogP) is 6.02. The van der Waals surface area contributed by atoms with Gasteiger partial charge in [0.1, 0.15) is 6.73 Å². The minimum atomic E-state index is -1.23. The number of anilines is 1. The Labute approximate surface area is 235 Å². The van der Waals surface area contributed by atoms with E-state index in [2.05, 4.69) is 36.6 Å². The molecule has 2 fully saturated rings. The molecule has 0 unspecified atom stereocenters. The number of ether oxygens (including phenoxy) is 1. The maximum absolute atomic E-state index is 14.1. The highest BCUT2D eigenvalue weighted by atomic mass is 35.5. The highest BCUT2D eigenvalue weighted by Gasteiger charge is 2.47. The van der Waals surface area contributed by atoms with E-state index in [1.807, 2.05) is 43.2 Å². The molecular weight excluding hydrogens is 528 g/mol. The van der Waals surface area contributed by atoms with E-state index < -0.39 is 8.07 Å². The van der Waals surface area contributed by atoms with Crippen LogP contribution >= 0.6 is 11.6 Å². The van der Waals surface area contributed by atoms with Gasteiger partial charge in [-0.15, -0.1) is 0 Å². The Hall–Kier alpha value is -2.62. The molecule has 5 heterocycles. The zero-order valence-electron chi connectivity index (χ0n) is 23.9. The number of rotatable bonds is 8. The van der Waals surface area contributed by atoms with E-state index in [1.165, 1.54) is 19.3 Å². The monoisotopic (exact) mass is 566 g/mol. The van der Waals surface area contributed by atoms with Crippen LogP contribution in [-0.4, -0.2) is 50.7 Å². The van der Waals surface area contributed by atoms with E-state index in [0.717, 1.165) is 40.4 Å². The topological polar surface area (TPSA) is 70.1 Å². The summed E-state index contributed by atoms with van der Waals surface area (Å²) in [6.45, 7) is 10.4. The maximum Gasteiger partial charge on any atom is 0.264 e. The van der Waals surface area contributed by atoms with Gasteiger partial charge in [-0.05, 0) is 37.3 Å². The molecule has 0 spiro atoms. The van der Waals surface area contributed by atoms with Crippen molar-refractivity contribution in [3.63, 3.8) is 0 Å². The van der Waals surface area contributed by atoms with Gasteiger partial charge in [0.2, 0.25) is 5.95 Å². The summed E-state index contributed by atoms with van der Waals surface area (Å²) < 4.78 is 11.7. The molecular formula is C29H39ClN6O2Si. The summed E-state index contributed by atoms with van der Waals surface area (Å²) in [5.41, 5.74) is 3.03. The lowest BCUT2D eigenvalue weighted by Crippen LogP contribution is -2.36. The fraction of sp³-hybridized carbons (Fsp3) is 0.552. The third-order valence-electron chi connectivity index (χ3n) is 8.75. The maximum atomic E-state index is 14.1. The van der Waals surface area contributed by atoms with Gasteiger partial charge in [-0.3, -0.25) is 14.0 Å². The molecule has 10 heteroatoms. The van der Waals surface area contributed by atoms with E-state index >= 15 is 0 Å². The summed E-state index contributed by atoms with van der Waals surface area (Å²) in [7, 11) is 2.52. The number of aryl methyl sites for hydroxylation is 1. The quantitative estimate of drug-likeness (QED) is 0.193. The SMILES string of the molecule is CC[C@@H]1C[C@@H]2CC[C@H]1N2c1nc2c(c(-c3ccc4nn(C)cc4c3Cl)cn2COCC[Si](C)(C)C)c(=O)n1C. The molecule has 8 nitrogen and oxygen atoms in total. The van der Waals surface area contributed by atoms with Crippen LogP contribution in [0, 0.1) is 5.92 Å². The Kier molecular flexibility index (Phi) is 6.67. The number of nitrogens with zero attached hydrogens (tertiary/aromatic N) is 6. The molecule has 208 valence electrons. The first-order chi connectivity index (χ1) is 18.6. The van der Waals surface area contributed by atoms with Crippen LogP contribution < -0.4 is 10.5 Å². The number of hydrogen-bond acceptors (Lipinski definition) is 5. The Morgan fingerprint density at radius 2 is 1.92 bits per heavy atom. The van der Waals surface area contributed by atoms with Gasteiger partial charge < -0.3 is 14.2 Å². The third kappa shape index (κ3) is 4.52. The van der Waals surface area contributed by atoms with Crippen molar-refractivity contribution in [1.82, 2.24) is 23.9 Å². The van der Waals surface area contributed by atoms with Crippen LogP contribution in [0.2, 0.25) is 30.7 Å². The van der Waals surface area contributed by atoms with E-state index in [1.54, 1.807) is 9.25 Å². The van der Waals surface area contributed by atoms with Crippen molar-refractivity contribution in [2.45, 2.75) is 77.1 Å². The average molecular weight is 567 g/mol. The molecule has 0 amide bonds. The zero-order chi connectivity index (χ0) is 27.6. The van der Waals surface area contributed by atoms with Crippen LogP contribution in [0.5, 0.6) is 0 Å². The van der Waals surface area contributed by atoms with Gasteiger partial charge in [-0.1, -0.05) is 50.7 Å². The minimum absolute atomic E-state index is 0.0486. The van der Waals surface area contributed by atoms with Crippen LogP contribution in [-0.2, 0) is 25.6 Å². The van der Waals surface area contributed by atoms with E-state index in [4.69, 9.17) is 21.3 Å². The lowest BCUT2D eigenvalue weighted by molar-refractivity contribution is 0.0899. The Bertz CT molecular complexity index is 1620. The summed E-state index contributed by atoms with van der Waals surface area (Å²) in [6, 6.07) is 5.91. The third-order valence-corrected chi connectivity index (χ3v) is 10.9. The second kappa shape index (κ2) is 9.78. The Morgan fingerprint density at radius 1 is 1.13 bits per heavy atom. The van der Waals surface area contributed by atoms with Crippen LogP contribution in [0.1, 0.15) is 32.6 Å². The van der Waals surface area contributed by atoms with Crippen molar-refractivity contribution in [2.75, 3.05) is 11.5 Å². The fourth-order valence-corrected chi connectivity index (χ4v) is 7.70. The van der Waals surface area contributed by atoms with Crippen LogP contribution in [0.4, 0.5) is 5.95 Å². The molecule has 3 atom stereocenters. The smallest absolute Gasteiger partial charge is 0.264 e. The van der Waals surface area contributed by atoms with Crippen molar-refractivity contribution in [2.24, 2.45) is 20.0 Å². The van der Waals surface area contributed by atoms with E-state index in [0.29, 0.717) is 47.4 Å². The zero-order valence-corrected chi connectivity index (χ0v) is 25.6. The van der Waals surface area contributed by atoms with Crippen molar-refractivity contribution in [1.29, 1.82) is 0 Å². The molecule has 1 aromatic carbocycles. The van der Waals surface area contributed by atoms with Gasteiger partial charge in [0.05, 0.1) is 15.9 Å². The standard InChI is InChI=1S/C29H39ClN6O2Si/c1-7-18-14-19-8-11-24(18)36(19)29-31-27-25(28(37)34(29)3)21(16-35(27)17-38-12-13-39(4,5)6)20-9-10-23-22(26(20)30)15-33(2)32-23/h9-10,15-16,18-19,24H,7-8,11-14,17H2,1-6H3/t18-,19+,24-/m1/s1. The molecule has 2 bridgehead atoms. The number of benzene rings is 1. The predicted molar refractivity (Wildman–Crippen MR) is 161 cm³/mol. The summed E-state index contributed by atoms with van der Waals surface area (Å²) in [4.78, 5) is 21.8. The van der Waals surface area contributed by atoms with Gasteiger partial charge in [-0.2, -0.15) is 10.1 Å². The molecule has 0 N–H and O–H groups in total. The number of fused-ring (bicyclic) bond motifs is 4. The molecule has 4 aromatic rings. The van der Waals surface area contributed by atoms with Crippen molar-refractivity contribution >= 4 is 47.6 Å². The number of aromatic nitrogens is 5. The minimum Gasteiger partial charge on any atom is -0.361 e. The number of halogens is 1. The molecule has 39 heavy (non-hydrogen) atoms. The first-order valence-electron chi connectivity index (χ1n) is 14.2. The lowest BCUT2D eigenvalue weighted by Gasteiger charge is -2.26. The van der Waals surface area contributed by atoms with Crippen LogP contribution in [0.25, 0.3) is 33.1 Å². The average Bonchev–Trinajstić information content (AvgIpc) is 3.64. The Balaban J connectivity index is 1.49. The van der Waals surface area contributed by atoms with Gasteiger partial charge >= 0.3 is 0 Å². The van der Waals surface area contributed by atoms with E-state index in [9.17, 15) is 4.79 Å². The highest BCUT2D eigenvalue weighted by Crippen LogP contribution is 2.45. The molecule has 0 radical (unpaired) electrons. The van der Waals surface area contributed by atoms with Crippen molar-refractivity contribution in [3.05, 3.63) is 39.9 Å². The first kappa shape index (κ1) is 26.6. The largest absolute Gasteiger partial charge is 0.361 e. The summed E-state index contributed by atoms with van der Waals surface area (Å²) in [6.07, 6.45) is 8.60. The summed E-state index contributed by atoms with van der Waals surface area (Å²) in [5, 5.41) is 6.53.